The van der Waals surface area contributed by atoms with E-state index < -0.39 is 0 Å². The van der Waals surface area contributed by atoms with Crippen molar-refractivity contribution < 1.29 is 0 Å². The van der Waals surface area contributed by atoms with Gasteiger partial charge in [0.1, 0.15) is 5.82 Å². The van der Waals surface area contributed by atoms with E-state index in [0.717, 1.165) is 24.1 Å². The van der Waals surface area contributed by atoms with Crippen LogP contribution in [0.2, 0.25) is 0 Å². The lowest BCUT2D eigenvalue weighted by Crippen LogP contribution is -2.38. The molecule has 1 saturated heterocycles. The Labute approximate surface area is 110 Å². The number of nitrogens with zero attached hydrogens (tertiary/aromatic N) is 3. The van der Waals surface area contributed by atoms with Crippen LogP contribution in [0.1, 0.15) is 38.3 Å². The number of likely N-dealkylation sites (tertiary alicyclic amines) is 1. The second-order valence-electron chi connectivity index (χ2n) is 5.22. The number of aryl methyl sites for hydroxylation is 1. The van der Waals surface area contributed by atoms with Crippen molar-refractivity contribution in [2.45, 2.75) is 45.6 Å². The van der Waals surface area contributed by atoms with Gasteiger partial charge in [-0.3, -0.25) is 0 Å². The van der Waals surface area contributed by atoms with Crippen LogP contribution in [0.4, 0.5) is 5.82 Å². The maximum Gasteiger partial charge on any atom is 0.148 e. The molecule has 0 amide bonds. The van der Waals surface area contributed by atoms with Crippen LogP contribution in [0, 0.1) is 6.92 Å². The van der Waals surface area contributed by atoms with Gasteiger partial charge < -0.3 is 10.2 Å². The van der Waals surface area contributed by atoms with Gasteiger partial charge in [-0.25, -0.2) is 0 Å². The first-order chi connectivity index (χ1) is 8.75. The van der Waals surface area contributed by atoms with Gasteiger partial charge in [-0.05, 0) is 51.8 Å². The van der Waals surface area contributed by atoms with Crippen LogP contribution in [0.15, 0.2) is 12.1 Å². The summed E-state index contributed by atoms with van der Waals surface area (Å²) in [4.78, 5) is 2.60. The molecular weight excluding hydrogens is 224 g/mol. The third-order valence-corrected chi connectivity index (χ3v) is 3.67. The van der Waals surface area contributed by atoms with Crippen molar-refractivity contribution in [3.63, 3.8) is 0 Å². The van der Waals surface area contributed by atoms with Crippen molar-refractivity contribution in [3.05, 3.63) is 17.8 Å². The first-order valence-corrected chi connectivity index (χ1v) is 7.04. The Morgan fingerprint density at radius 2 is 2.22 bits per heavy atom. The Hall–Kier alpha value is -1.16. The summed E-state index contributed by atoms with van der Waals surface area (Å²) in [5.41, 5.74) is 0.961. The van der Waals surface area contributed by atoms with Crippen LogP contribution in [0.3, 0.4) is 0 Å². The molecule has 1 aromatic rings. The number of aromatic nitrogens is 2. The number of nitrogens with one attached hydrogen (secondary N) is 1. The summed E-state index contributed by atoms with van der Waals surface area (Å²) in [6.07, 6.45) is 5.28. The molecule has 1 aromatic heterocycles. The lowest BCUT2D eigenvalue weighted by Gasteiger charge is -2.33. The maximum absolute atomic E-state index is 4.10. The molecule has 0 aromatic carbocycles. The predicted molar refractivity (Wildman–Crippen MR) is 74.8 cm³/mol. The highest BCUT2D eigenvalue weighted by molar-refractivity contribution is 5.32. The van der Waals surface area contributed by atoms with Gasteiger partial charge in [-0.15, -0.1) is 5.10 Å². The third kappa shape index (κ3) is 3.95. The fraction of sp³-hybridized carbons (Fsp3) is 0.714. The third-order valence-electron chi connectivity index (χ3n) is 3.67. The Morgan fingerprint density at radius 3 is 2.94 bits per heavy atom. The topological polar surface area (TPSA) is 41.0 Å². The standard InChI is InChI=1S/C14H24N4/c1-12-7-8-14(17-16-12)15-9-5-11-18-10-4-3-6-13(18)2/h7-8,13H,3-6,9-11H2,1-2H3,(H,15,17). The van der Waals surface area contributed by atoms with Crippen molar-refractivity contribution in [1.82, 2.24) is 15.1 Å². The minimum Gasteiger partial charge on any atom is -0.369 e. The van der Waals surface area contributed by atoms with E-state index in [1.165, 1.54) is 38.8 Å². The van der Waals surface area contributed by atoms with E-state index in [1.54, 1.807) is 0 Å². The van der Waals surface area contributed by atoms with E-state index in [9.17, 15) is 0 Å². The summed E-state index contributed by atoms with van der Waals surface area (Å²) in [5, 5.41) is 11.5. The number of rotatable bonds is 5. The minimum absolute atomic E-state index is 0.762. The van der Waals surface area contributed by atoms with E-state index in [2.05, 4.69) is 27.3 Å². The zero-order valence-electron chi connectivity index (χ0n) is 11.5. The van der Waals surface area contributed by atoms with Crippen molar-refractivity contribution in [2.75, 3.05) is 25.0 Å². The summed E-state index contributed by atoms with van der Waals surface area (Å²) >= 11 is 0. The molecule has 0 radical (unpaired) electrons. The molecule has 1 N–H and O–H groups in total. The van der Waals surface area contributed by atoms with Crippen LogP contribution < -0.4 is 5.32 Å². The van der Waals surface area contributed by atoms with E-state index in [1.807, 2.05) is 19.1 Å². The summed E-state index contributed by atoms with van der Waals surface area (Å²) in [6, 6.07) is 4.74. The highest BCUT2D eigenvalue weighted by Crippen LogP contribution is 2.16. The molecule has 100 valence electrons. The summed E-state index contributed by atoms with van der Waals surface area (Å²) in [6.45, 7) is 7.73. The average Bonchev–Trinajstić information content (AvgIpc) is 2.39. The Morgan fingerprint density at radius 1 is 1.33 bits per heavy atom. The lowest BCUT2D eigenvalue weighted by molar-refractivity contribution is 0.160. The molecule has 1 aliphatic heterocycles. The van der Waals surface area contributed by atoms with Gasteiger partial charge in [-0.2, -0.15) is 5.10 Å². The van der Waals surface area contributed by atoms with E-state index >= 15 is 0 Å². The van der Waals surface area contributed by atoms with Gasteiger partial charge in [0.2, 0.25) is 0 Å². The minimum atomic E-state index is 0.762. The average molecular weight is 248 g/mol. The van der Waals surface area contributed by atoms with Crippen LogP contribution in [0.25, 0.3) is 0 Å². The van der Waals surface area contributed by atoms with Crippen molar-refractivity contribution >= 4 is 5.82 Å². The Bertz CT molecular complexity index is 349. The molecule has 1 fully saturated rings. The van der Waals surface area contributed by atoms with Gasteiger partial charge in [0.05, 0.1) is 5.69 Å². The van der Waals surface area contributed by atoms with Crippen molar-refractivity contribution in [1.29, 1.82) is 0 Å². The van der Waals surface area contributed by atoms with E-state index in [4.69, 9.17) is 0 Å². The normalized spacial score (nSPS) is 20.9. The lowest BCUT2D eigenvalue weighted by atomic mass is 10.0. The van der Waals surface area contributed by atoms with Gasteiger partial charge in [-0.1, -0.05) is 6.42 Å². The number of hydrogen-bond acceptors (Lipinski definition) is 4. The largest absolute Gasteiger partial charge is 0.369 e. The summed E-state index contributed by atoms with van der Waals surface area (Å²) < 4.78 is 0. The Balaban J connectivity index is 1.65. The summed E-state index contributed by atoms with van der Waals surface area (Å²) in [7, 11) is 0. The Kier molecular flexibility index (Phi) is 4.93. The molecule has 2 rings (SSSR count). The molecule has 4 heteroatoms. The van der Waals surface area contributed by atoms with E-state index in [0.29, 0.717) is 0 Å². The predicted octanol–water partition coefficient (Wildman–Crippen LogP) is 2.46. The first kappa shape index (κ1) is 13.3. The van der Waals surface area contributed by atoms with E-state index in [-0.39, 0.29) is 0 Å². The highest BCUT2D eigenvalue weighted by Gasteiger charge is 2.16. The monoisotopic (exact) mass is 248 g/mol. The second kappa shape index (κ2) is 6.69. The molecule has 0 spiro atoms. The fourth-order valence-corrected chi connectivity index (χ4v) is 2.48. The van der Waals surface area contributed by atoms with Crippen LogP contribution in [-0.4, -0.2) is 40.8 Å². The molecule has 0 aliphatic carbocycles. The van der Waals surface area contributed by atoms with Gasteiger partial charge in [0.25, 0.3) is 0 Å². The second-order valence-corrected chi connectivity index (χ2v) is 5.22. The number of hydrogen-bond donors (Lipinski definition) is 1. The molecule has 0 bridgehead atoms. The SMILES string of the molecule is Cc1ccc(NCCCN2CCCCC2C)nn1. The van der Waals surface area contributed by atoms with Crippen molar-refractivity contribution in [2.24, 2.45) is 0 Å². The van der Waals surface area contributed by atoms with Crippen molar-refractivity contribution in [3.8, 4) is 0 Å². The summed E-state index contributed by atoms with van der Waals surface area (Å²) in [5.74, 6) is 0.882. The number of anilines is 1. The maximum atomic E-state index is 4.10. The molecule has 4 nitrogen and oxygen atoms in total. The van der Waals surface area contributed by atoms with Crippen LogP contribution in [0.5, 0.6) is 0 Å². The molecule has 2 heterocycles. The molecular formula is C14H24N4. The first-order valence-electron chi connectivity index (χ1n) is 7.04. The van der Waals surface area contributed by atoms with Gasteiger partial charge in [0.15, 0.2) is 0 Å². The van der Waals surface area contributed by atoms with Gasteiger partial charge in [0, 0.05) is 19.1 Å². The van der Waals surface area contributed by atoms with Crippen LogP contribution in [-0.2, 0) is 0 Å². The van der Waals surface area contributed by atoms with Crippen LogP contribution >= 0.6 is 0 Å². The van der Waals surface area contributed by atoms with Gasteiger partial charge >= 0.3 is 0 Å². The molecule has 1 unspecified atom stereocenters. The quantitative estimate of drug-likeness (QED) is 0.813. The molecule has 1 aliphatic rings. The highest BCUT2D eigenvalue weighted by atomic mass is 15.2. The smallest absolute Gasteiger partial charge is 0.148 e. The number of piperidine rings is 1. The molecule has 1 atom stereocenters. The fourth-order valence-electron chi connectivity index (χ4n) is 2.48. The molecule has 0 saturated carbocycles. The zero-order chi connectivity index (χ0) is 12.8. The zero-order valence-corrected chi connectivity index (χ0v) is 11.5. The molecule has 18 heavy (non-hydrogen) atoms.